The van der Waals surface area contributed by atoms with E-state index in [2.05, 4.69) is 55.4 Å². The van der Waals surface area contributed by atoms with Crippen LogP contribution in [-0.2, 0) is 0 Å². The Morgan fingerprint density at radius 3 is 0.923 bits per heavy atom. The SMILES string of the molecule is Cc1sc(-c2sc3c(C)c(-c4sc(C)c(C)c4C)sc3c2C)c(C)c1C. The number of thiophene rings is 4. The minimum atomic E-state index is 1.45. The third-order valence-electron chi connectivity index (χ3n) is 5.76. The zero-order valence-corrected chi connectivity index (χ0v) is 19.9. The van der Waals surface area contributed by atoms with E-state index in [1.807, 2.05) is 45.3 Å². The first-order valence-electron chi connectivity index (χ1n) is 8.88. The van der Waals surface area contributed by atoms with E-state index in [-0.39, 0.29) is 0 Å². The summed E-state index contributed by atoms with van der Waals surface area (Å²) in [6.45, 7) is 18.2. The lowest BCUT2D eigenvalue weighted by atomic mass is 10.1. The van der Waals surface area contributed by atoms with Gasteiger partial charge in [0.15, 0.2) is 0 Å². The predicted molar refractivity (Wildman–Crippen MR) is 124 cm³/mol. The van der Waals surface area contributed by atoms with Gasteiger partial charge in [-0.2, -0.15) is 0 Å². The van der Waals surface area contributed by atoms with Crippen molar-refractivity contribution < 1.29 is 0 Å². The van der Waals surface area contributed by atoms with E-state index in [9.17, 15) is 0 Å². The Hall–Kier alpha value is -0.940. The van der Waals surface area contributed by atoms with Gasteiger partial charge in [-0.1, -0.05) is 0 Å². The molecule has 136 valence electrons. The highest BCUT2D eigenvalue weighted by molar-refractivity contribution is 7.34. The van der Waals surface area contributed by atoms with Gasteiger partial charge in [-0.3, -0.25) is 0 Å². The van der Waals surface area contributed by atoms with Crippen LogP contribution < -0.4 is 0 Å². The largest absolute Gasteiger partial charge is 0.139 e. The molecule has 0 aliphatic heterocycles. The van der Waals surface area contributed by atoms with Crippen molar-refractivity contribution in [2.24, 2.45) is 0 Å². The molecule has 0 fully saturated rings. The maximum atomic E-state index is 2.31. The standard InChI is InChI=1S/C22H24S4/c1-9-11(3)17(23-15(9)7)19-13(5)21-22(25-19)14(6)20(26-21)18-12(4)10(2)16(8)24-18/h1-8H3. The molecule has 0 saturated heterocycles. The third kappa shape index (κ3) is 2.50. The first-order chi connectivity index (χ1) is 12.2. The van der Waals surface area contributed by atoms with Gasteiger partial charge in [0.2, 0.25) is 0 Å². The first-order valence-corrected chi connectivity index (χ1v) is 12.1. The maximum absolute atomic E-state index is 2.31. The summed E-state index contributed by atoms with van der Waals surface area (Å²) >= 11 is 7.91. The molecule has 4 aromatic rings. The lowest BCUT2D eigenvalue weighted by molar-refractivity contribution is 1.35. The second-order valence-electron chi connectivity index (χ2n) is 7.25. The average Bonchev–Trinajstić information content (AvgIpc) is 3.26. The monoisotopic (exact) mass is 416 g/mol. The summed E-state index contributed by atoms with van der Waals surface area (Å²) in [6, 6.07) is 0. The van der Waals surface area contributed by atoms with Crippen molar-refractivity contribution in [2.75, 3.05) is 0 Å². The van der Waals surface area contributed by atoms with E-state index in [1.54, 1.807) is 0 Å². The number of rotatable bonds is 2. The smallest absolute Gasteiger partial charge is 0.0496 e. The highest BCUT2D eigenvalue weighted by Gasteiger charge is 2.23. The summed E-state index contributed by atoms with van der Waals surface area (Å²) in [5.74, 6) is 0. The highest BCUT2D eigenvalue weighted by atomic mass is 32.1. The van der Waals surface area contributed by atoms with Crippen LogP contribution in [0.1, 0.15) is 43.1 Å². The van der Waals surface area contributed by atoms with Crippen LogP contribution in [0.15, 0.2) is 0 Å². The van der Waals surface area contributed by atoms with E-state index in [4.69, 9.17) is 0 Å². The number of hydrogen-bond donors (Lipinski definition) is 0. The minimum Gasteiger partial charge on any atom is -0.139 e. The molecule has 0 bridgehead atoms. The van der Waals surface area contributed by atoms with Gasteiger partial charge in [-0.05, 0) is 88.8 Å². The van der Waals surface area contributed by atoms with E-state index >= 15 is 0 Å². The Bertz CT molecular complexity index is 1070. The molecule has 0 aliphatic rings. The predicted octanol–water partition coefficient (Wildman–Crippen LogP) is 8.89. The average molecular weight is 417 g/mol. The Balaban J connectivity index is 1.93. The Morgan fingerprint density at radius 1 is 0.346 bits per heavy atom. The van der Waals surface area contributed by atoms with Crippen molar-refractivity contribution in [3.8, 4) is 19.5 Å². The molecule has 26 heavy (non-hydrogen) atoms. The van der Waals surface area contributed by atoms with Gasteiger partial charge in [0.25, 0.3) is 0 Å². The zero-order valence-electron chi connectivity index (χ0n) is 16.6. The summed E-state index contributed by atoms with van der Waals surface area (Å²) < 4.78 is 2.98. The molecule has 0 spiro atoms. The zero-order chi connectivity index (χ0) is 18.9. The molecule has 0 saturated carbocycles. The van der Waals surface area contributed by atoms with Gasteiger partial charge in [-0.25, -0.2) is 0 Å². The van der Waals surface area contributed by atoms with Crippen LogP contribution in [-0.4, -0.2) is 0 Å². The molecule has 0 nitrogen and oxygen atoms in total. The summed E-state index contributed by atoms with van der Waals surface area (Å²) in [7, 11) is 0. The Labute approximate surface area is 172 Å². The minimum absolute atomic E-state index is 1.45. The Kier molecular flexibility index (Phi) is 4.47. The fourth-order valence-corrected chi connectivity index (χ4v) is 9.12. The molecule has 0 amide bonds. The van der Waals surface area contributed by atoms with Crippen molar-refractivity contribution in [3.63, 3.8) is 0 Å². The molecule has 0 radical (unpaired) electrons. The summed E-state index contributed by atoms with van der Waals surface area (Å²) in [4.78, 5) is 8.82. The molecule has 4 heteroatoms. The van der Waals surface area contributed by atoms with Crippen molar-refractivity contribution in [1.82, 2.24) is 0 Å². The van der Waals surface area contributed by atoms with Crippen molar-refractivity contribution in [3.05, 3.63) is 43.1 Å². The summed E-state index contributed by atoms with van der Waals surface area (Å²) in [5, 5.41) is 0. The Morgan fingerprint density at radius 2 is 0.654 bits per heavy atom. The lowest BCUT2D eigenvalue weighted by Gasteiger charge is -2.01. The van der Waals surface area contributed by atoms with Crippen LogP contribution in [0.3, 0.4) is 0 Å². The van der Waals surface area contributed by atoms with Gasteiger partial charge in [0.05, 0.1) is 0 Å². The van der Waals surface area contributed by atoms with Crippen LogP contribution in [0.2, 0.25) is 0 Å². The van der Waals surface area contributed by atoms with Crippen molar-refractivity contribution >= 4 is 54.7 Å². The van der Waals surface area contributed by atoms with Gasteiger partial charge in [0.1, 0.15) is 0 Å². The van der Waals surface area contributed by atoms with Crippen molar-refractivity contribution in [2.45, 2.75) is 55.4 Å². The highest BCUT2D eigenvalue weighted by Crippen LogP contribution is 2.51. The molecular weight excluding hydrogens is 393 g/mol. The normalized spacial score (nSPS) is 11.8. The van der Waals surface area contributed by atoms with E-state index < -0.39 is 0 Å². The van der Waals surface area contributed by atoms with Gasteiger partial charge in [-0.15, -0.1) is 45.3 Å². The second-order valence-corrected chi connectivity index (χ2v) is 11.7. The van der Waals surface area contributed by atoms with Gasteiger partial charge in [0, 0.05) is 38.7 Å². The molecule has 0 aromatic carbocycles. The summed E-state index contributed by atoms with van der Waals surface area (Å²) in [6.07, 6.45) is 0. The second kappa shape index (κ2) is 6.30. The first kappa shape index (κ1) is 18.4. The molecular formula is C22H24S4. The van der Waals surface area contributed by atoms with Gasteiger partial charge < -0.3 is 0 Å². The fourth-order valence-electron chi connectivity index (χ4n) is 3.50. The topological polar surface area (TPSA) is 0 Å². The van der Waals surface area contributed by atoms with Crippen LogP contribution in [0, 0.1) is 55.4 Å². The van der Waals surface area contributed by atoms with Crippen LogP contribution in [0.25, 0.3) is 28.9 Å². The molecule has 0 atom stereocenters. The molecule has 4 rings (SSSR count). The fraction of sp³-hybridized carbons (Fsp3) is 0.364. The lowest BCUT2D eigenvalue weighted by Crippen LogP contribution is -1.78. The van der Waals surface area contributed by atoms with Crippen LogP contribution in [0.5, 0.6) is 0 Å². The molecule has 0 N–H and O–H groups in total. The van der Waals surface area contributed by atoms with Crippen LogP contribution >= 0.6 is 45.3 Å². The molecule has 0 aliphatic carbocycles. The third-order valence-corrected chi connectivity index (χ3v) is 11.7. The van der Waals surface area contributed by atoms with Gasteiger partial charge >= 0.3 is 0 Å². The molecule has 0 unspecified atom stereocenters. The van der Waals surface area contributed by atoms with Crippen LogP contribution in [0.4, 0.5) is 0 Å². The van der Waals surface area contributed by atoms with E-state index in [0.717, 1.165) is 0 Å². The number of aryl methyl sites for hydroxylation is 4. The molecule has 4 heterocycles. The maximum Gasteiger partial charge on any atom is 0.0496 e. The van der Waals surface area contributed by atoms with E-state index in [1.165, 1.54) is 72.0 Å². The van der Waals surface area contributed by atoms with E-state index in [0.29, 0.717) is 0 Å². The number of fused-ring (bicyclic) bond motifs is 1. The molecule has 4 aromatic heterocycles. The summed E-state index contributed by atoms with van der Waals surface area (Å²) in [5.41, 5.74) is 8.77. The quantitative estimate of drug-likeness (QED) is 0.306. The van der Waals surface area contributed by atoms with Crippen molar-refractivity contribution in [1.29, 1.82) is 0 Å². The number of hydrogen-bond acceptors (Lipinski definition) is 4.